The molecule has 9 heterocycles. The minimum absolute atomic E-state index is 0. The van der Waals surface area contributed by atoms with E-state index >= 15 is 0 Å². The zero-order valence-corrected chi connectivity index (χ0v) is 59.7. The van der Waals surface area contributed by atoms with E-state index in [0.717, 1.165) is 63.4 Å². The van der Waals surface area contributed by atoms with Crippen LogP contribution in [0, 0.1) is 29.6 Å². The van der Waals surface area contributed by atoms with Crippen molar-refractivity contribution in [3.8, 4) is 0 Å². The predicted molar refractivity (Wildman–Crippen MR) is 487 cm³/mol. The van der Waals surface area contributed by atoms with E-state index in [0.29, 0.717) is 5.38 Å². The number of alkyl halides is 1. The highest BCUT2D eigenvalue weighted by Crippen LogP contribution is 2.44. The van der Waals surface area contributed by atoms with Crippen LogP contribution in [0.1, 0.15) is 284 Å². The molecule has 8 bridgehead atoms. The van der Waals surface area contributed by atoms with Crippen molar-refractivity contribution in [1.82, 2.24) is 14.7 Å². The number of thioether (sulfide) groups is 3. The molecule has 0 radical (unpaired) electrons. The Morgan fingerprint density at radius 3 is 0.670 bits per heavy atom. The van der Waals surface area contributed by atoms with Gasteiger partial charge in [-0.3, -0.25) is 0 Å². The molecule has 584 valence electrons. The Morgan fingerprint density at radius 1 is 0.340 bits per heavy atom. The summed E-state index contributed by atoms with van der Waals surface area (Å²) in [7, 11) is 0. The molecule has 9 aliphatic heterocycles. The highest BCUT2D eigenvalue weighted by atomic mass is 35.5. The maximum atomic E-state index is 6.11. The lowest BCUT2D eigenvalue weighted by Gasteiger charge is -2.44. The minimum atomic E-state index is 0. The van der Waals surface area contributed by atoms with Crippen molar-refractivity contribution in [2.24, 2.45) is 29.6 Å². The lowest BCUT2D eigenvalue weighted by atomic mass is 9.12. The third kappa shape index (κ3) is 57.7. The van der Waals surface area contributed by atoms with Gasteiger partial charge in [0, 0.05) is 60.3 Å². The van der Waals surface area contributed by atoms with Crippen LogP contribution in [0.3, 0.4) is 0 Å². The molecular formula is C87H184B2ClN3S4. The lowest BCUT2D eigenvalue weighted by Crippen LogP contribution is -2.48. The summed E-state index contributed by atoms with van der Waals surface area (Å²) in [5.41, 5.74) is 0. The van der Waals surface area contributed by atoms with Crippen molar-refractivity contribution >= 4 is 72.7 Å². The van der Waals surface area contributed by atoms with Gasteiger partial charge in [-0.05, 0) is 175 Å². The average molecular weight is 1460 g/mol. The zero-order valence-electron chi connectivity index (χ0n) is 55.6. The summed E-state index contributed by atoms with van der Waals surface area (Å²) in [6.07, 6.45) is 19.4. The second-order valence-corrected chi connectivity index (χ2v) is 28.3. The first kappa shape index (κ1) is 132. The summed E-state index contributed by atoms with van der Waals surface area (Å²) in [6.45, 7) is 47.4. The number of thiol groups is 1. The number of fused-ring (bicyclic) bond motifs is 12. The van der Waals surface area contributed by atoms with Crippen molar-refractivity contribution in [2.75, 3.05) is 58.9 Å². The van der Waals surface area contributed by atoms with Gasteiger partial charge in [-0.25, -0.2) is 0 Å². The van der Waals surface area contributed by atoms with Gasteiger partial charge in [-0.2, -0.15) is 0 Å². The molecule has 4 aromatic carbocycles. The van der Waals surface area contributed by atoms with Gasteiger partial charge in [0.25, 0.3) is 0 Å². The second-order valence-electron chi connectivity index (χ2n) is 23.3. The van der Waals surface area contributed by atoms with Crippen LogP contribution in [0.25, 0.3) is 0 Å². The van der Waals surface area contributed by atoms with Gasteiger partial charge in [0.05, 0.1) is 0 Å². The summed E-state index contributed by atoms with van der Waals surface area (Å²) in [5, 5.41) is 3.07. The van der Waals surface area contributed by atoms with Gasteiger partial charge in [-0.1, -0.05) is 327 Å². The van der Waals surface area contributed by atoms with Crippen LogP contribution in [-0.4, -0.2) is 108 Å². The van der Waals surface area contributed by atoms with Crippen LogP contribution in [0.4, 0.5) is 0 Å². The fourth-order valence-electron chi connectivity index (χ4n) is 10.9. The topological polar surface area (TPSA) is 9.72 Å². The molecule has 1 unspecified atom stereocenters. The molecule has 3 saturated carbocycles. The summed E-state index contributed by atoms with van der Waals surface area (Å²) in [4.78, 5) is 13.2. The van der Waals surface area contributed by atoms with Gasteiger partial charge in [0.1, 0.15) is 13.2 Å². The smallest absolute Gasteiger partial charge is 0.102 e. The average Bonchev–Trinajstić information content (AvgIpc) is 0.857. The molecule has 4 atom stereocenters. The highest BCUT2D eigenvalue weighted by molar-refractivity contribution is 8.00. The third-order valence-electron chi connectivity index (χ3n) is 15.9. The number of benzene rings is 4. The molecule has 12 aliphatic rings. The number of hydrogen-bond donors (Lipinski definition) is 1. The predicted octanol–water partition coefficient (Wildman–Crippen LogP) is 31.8. The fourth-order valence-corrected chi connectivity index (χ4v) is 15.8. The van der Waals surface area contributed by atoms with Crippen LogP contribution >= 0.6 is 59.5 Å². The Balaban J connectivity index is -0.0000000608. The van der Waals surface area contributed by atoms with E-state index in [2.05, 4.69) is 222 Å². The maximum absolute atomic E-state index is 6.11. The van der Waals surface area contributed by atoms with Gasteiger partial charge in [0.2, 0.25) is 0 Å². The van der Waals surface area contributed by atoms with Gasteiger partial charge < -0.3 is 14.7 Å². The molecule has 16 rings (SSSR count). The van der Waals surface area contributed by atoms with E-state index in [1.807, 2.05) is 71.9 Å². The number of piperidine rings is 9. The molecule has 12 fully saturated rings. The molecule has 3 nitrogen and oxygen atoms in total. The van der Waals surface area contributed by atoms with Gasteiger partial charge in [-0.15, -0.1) is 59.5 Å². The Kier molecular flexibility index (Phi) is 116. The first-order valence-electron chi connectivity index (χ1n) is 33.6. The highest BCUT2D eigenvalue weighted by Gasteiger charge is 2.37. The molecule has 97 heavy (non-hydrogen) atoms. The normalized spacial score (nSPS) is 22.4. The van der Waals surface area contributed by atoms with Gasteiger partial charge >= 0.3 is 0 Å². The van der Waals surface area contributed by atoms with E-state index in [-0.39, 0.29) is 111 Å². The molecule has 4 aromatic rings. The standard InChI is InChI=1S/3C13H17NS.C8H13Cl.C6H6S.C4H12B2.3C3H8.3C2H6.15CH4/c3*1-2-4-12(5-3-1)15-13-10-14-8-6-11(13)7-9-14;9-8-5-6-1-3-7(8)4-2-6;7-6-4-2-1-3-5-6;1-5(2)6(3)4;3*1-3-2;3*1-2;;;;;;;;;;;;;;;/h3*1-5,11,13H,6-10H2;6-8H,1-5H2;1-5,7H;1-4H3;3*3H2,1-2H3;3*1-2H3;15*1H4/t3*13-;;;;;;;;;;;;;;;;;;;;;;;;/m000......................../s1. The Morgan fingerprint density at radius 2 is 0.546 bits per heavy atom. The SMILES string of the molecule is C.C.C.C.C.C.C.C.C.C.C.C.C.C.C.CB(C)B(C)C.CC.CC.CC.CCC.CCC.CCC.ClC1CC2CCC1CC2.Sc1ccccc1.c1ccc(S[C@H]2CN3CCC2CC3)cc1.c1ccc(S[C@H]2CN3CCC2CC3)cc1.c1ccc(S[C@H]2CN3CCC2CC3)cc1. The molecule has 0 N–H and O–H groups in total. The number of rotatable bonds is 7. The van der Waals surface area contributed by atoms with E-state index in [4.69, 9.17) is 11.6 Å². The van der Waals surface area contributed by atoms with Crippen LogP contribution < -0.4 is 0 Å². The number of hydrogen-bond acceptors (Lipinski definition) is 7. The van der Waals surface area contributed by atoms with Crippen molar-refractivity contribution in [1.29, 1.82) is 0 Å². The molecule has 3 aliphatic carbocycles. The van der Waals surface area contributed by atoms with Crippen LogP contribution in [0.2, 0.25) is 27.3 Å². The molecular weight excluding hydrogens is 1270 g/mol. The third-order valence-corrected chi connectivity index (χ3v) is 20.9. The van der Waals surface area contributed by atoms with Crippen molar-refractivity contribution in [2.45, 2.75) is 352 Å². The first-order chi connectivity index (χ1) is 39.9. The van der Waals surface area contributed by atoms with E-state index in [1.54, 1.807) is 0 Å². The quantitative estimate of drug-likeness (QED) is 0.111. The maximum Gasteiger partial charge on any atom is 0.102 e. The summed E-state index contributed by atoms with van der Waals surface area (Å²) >= 11 is 16.5. The van der Waals surface area contributed by atoms with E-state index in [9.17, 15) is 0 Å². The van der Waals surface area contributed by atoms with Crippen molar-refractivity contribution in [3.05, 3.63) is 121 Å². The summed E-state index contributed by atoms with van der Waals surface area (Å²) < 4.78 is 0. The van der Waals surface area contributed by atoms with Crippen LogP contribution in [0.15, 0.2) is 141 Å². The molecule has 0 aromatic heterocycles. The van der Waals surface area contributed by atoms with Gasteiger partial charge in [0.15, 0.2) is 0 Å². The van der Waals surface area contributed by atoms with Crippen molar-refractivity contribution in [3.63, 3.8) is 0 Å². The number of nitrogens with zero attached hydrogens (tertiary/aromatic N) is 3. The Bertz CT molecular complexity index is 1790. The van der Waals surface area contributed by atoms with Crippen LogP contribution in [0.5, 0.6) is 0 Å². The molecule has 9 saturated heterocycles. The fraction of sp³-hybridized carbons (Fsp3) is 0.724. The largest absolute Gasteiger partial charge is 0.302 e. The Hall–Kier alpha value is -1.42. The second kappa shape index (κ2) is 85.2. The minimum Gasteiger partial charge on any atom is -0.302 e. The van der Waals surface area contributed by atoms with E-state index < -0.39 is 0 Å². The summed E-state index contributed by atoms with van der Waals surface area (Å²) in [6, 6.07) is 42.4. The molecule has 0 spiro atoms. The zero-order chi connectivity index (χ0) is 60.9. The molecule has 0 amide bonds. The molecule has 10 heteroatoms. The first-order valence-corrected chi connectivity index (χ1v) is 37.1. The Labute approximate surface area is 644 Å². The summed E-state index contributed by atoms with van der Waals surface area (Å²) in [5.74, 6) is 4.80. The van der Waals surface area contributed by atoms with E-state index in [1.165, 1.54) is 163 Å². The van der Waals surface area contributed by atoms with Crippen molar-refractivity contribution < 1.29 is 0 Å². The van der Waals surface area contributed by atoms with Crippen LogP contribution in [-0.2, 0) is 0 Å². The number of halogens is 1. The monoisotopic (exact) mass is 1460 g/mol. The lowest BCUT2D eigenvalue weighted by molar-refractivity contribution is 0.118.